The van der Waals surface area contributed by atoms with E-state index >= 15 is 0 Å². The summed E-state index contributed by atoms with van der Waals surface area (Å²) in [6.07, 6.45) is 4.80. The summed E-state index contributed by atoms with van der Waals surface area (Å²) in [5.41, 5.74) is 0. The van der Waals surface area contributed by atoms with Crippen molar-refractivity contribution in [2.24, 2.45) is 0 Å². The first kappa shape index (κ1) is 12.0. The highest BCUT2D eigenvalue weighted by Gasteiger charge is 1.93. The molecule has 14 heavy (non-hydrogen) atoms. The molecule has 0 saturated carbocycles. The molecular formula is C11H18ClNS. The van der Waals surface area contributed by atoms with Gasteiger partial charge in [0.25, 0.3) is 0 Å². The summed E-state index contributed by atoms with van der Waals surface area (Å²) in [6.45, 7) is 2.23. The minimum absolute atomic E-state index is 0.801. The molecule has 0 aliphatic heterocycles. The van der Waals surface area contributed by atoms with E-state index in [-0.39, 0.29) is 0 Å². The van der Waals surface area contributed by atoms with Crippen LogP contribution < -0.4 is 5.32 Å². The number of unbranched alkanes of at least 4 members (excludes halogenated alkanes) is 2. The van der Waals surface area contributed by atoms with Gasteiger partial charge < -0.3 is 5.32 Å². The highest BCUT2D eigenvalue weighted by Crippen LogP contribution is 2.08. The van der Waals surface area contributed by atoms with Gasteiger partial charge in [-0.3, -0.25) is 0 Å². The number of thiophene rings is 1. The highest BCUT2D eigenvalue weighted by atomic mass is 35.5. The fraction of sp³-hybridized carbons (Fsp3) is 0.636. The lowest BCUT2D eigenvalue weighted by atomic mass is 10.2. The molecule has 1 N–H and O–H groups in total. The van der Waals surface area contributed by atoms with Crippen molar-refractivity contribution in [3.63, 3.8) is 0 Å². The van der Waals surface area contributed by atoms with Crippen LogP contribution in [-0.2, 0) is 6.42 Å². The Morgan fingerprint density at radius 3 is 2.86 bits per heavy atom. The van der Waals surface area contributed by atoms with Crippen molar-refractivity contribution < 1.29 is 0 Å². The Morgan fingerprint density at radius 2 is 2.14 bits per heavy atom. The number of halogens is 1. The number of nitrogens with one attached hydrogen (secondary N) is 1. The summed E-state index contributed by atoms with van der Waals surface area (Å²) < 4.78 is 0. The van der Waals surface area contributed by atoms with Crippen molar-refractivity contribution in [3.05, 3.63) is 22.4 Å². The zero-order valence-electron chi connectivity index (χ0n) is 8.47. The molecule has 0 bridgehead atoms. The summed E-state index contributed by atoms with van der Waals surface area (Å²) >= 11 is 7.43. The second-order valence-electron chi connectivity index (χ2n) is 3.33. The average molecular weight is 232 g/mol. The van der Waals surface area contributed by atoms with Crippen molar-refractivity contribution in [2.75, 3.05) is 19.0 Å². The van der Waals surface area contributed by atoms with E-state index in [4.69, 9.17) is 11.6 Å². The lowest BCUT2D eigenvalue weighted by Crippen LogP contribution is -2.18. The van der Waals surface area contributed by atoms with Crippen molar-refractivity contribution in [1.29, 1.82) is 0 Å². The Labute approximate surface area is 95.5 Å². The van der Waals surface area contributed by atoms with Gasteiger partial charge in [-0.2, -0.15) is 0 Å². The van der Waals surface area contributed by atoms with Crippen LogP contribution in [0.2, 0.25) is 0 Å². The van der Waals surface area contributed by atoms with Gasteiger partial charge in [-0.1, -0.05) is 12.5 Å². The van der Waals surface area contributed by atoms with Crippen molar-refractivity contribution in [3.8, 4) is 0 Å². The van der Waals surface area contributed by atoms with Gasteiger partial charge in [0, 0.05) is 10.8 Å². The lowest BCUT2D eigenvalue weighted by molar-refractivity contribution is 0.619. The molecule has 80 valence electrons. The summed E-state index contributed by atoms with van der Waals surface area (Å²) in [4.78, 5) is 1.47. The third kappa shape index (κ3) is 5.63. The molecule has 1 aromatic rings. The van der Waals surface area contributed by atoms with Crippen LogP contribution in [0.3, 0.4) is 0 Å². The number of rotatable bonds is 8. The van der Waals surface area contributed by atoms with Crippen LogP contribution in [0, 0.1) is 0 Å². The Hall–Kier alpha value is -0.0500. The molecule has 1 heterocycles. The molecule has 0 saturated heterocycles. The van der Waals surface area contributed by atoms with Crippen LogP contribution in [0.5, 0.6) is 0 Å². The molecule has 0 spiro atoms. The minimum atomic E-state index is 0.801. The zero-order chi connectivity index (χ0) is 10.1. The van der Waals surface area contributed by atoms with Gasteiger partial charge in [-0.25, -0.2) is 0 Å². The Kier molecular flexibility index (Phi) is 7.10. The van der Waals surface area contributed by atoms with Gasteiger partial charge in [0.05, 0.1) is 0 Å². The highest BCUT2D eigenvalue weighted by molar-refractivity contribution is 7.09. The zero-order valence-corrected chi connectivity index (χ0v) is 10.0. The smallest absolute Gasteiger partial charge is 0.0223 e. The van der Waals surface area contributed by atoms with Gasteiger partial charge in [0.15, 0.2) is 0 Å². The van der Waals surface area contributed by atoms with E-state index in [2.05, 4.69) is 22.8 Å². The molecule has 0 aliphatic carbocycles. The van der Waals surface area contributed by atoms with E-state index in [0.29, 0.717) is 0 Å². The molecule has 1 rings (SSSR count). The van der Waals surface area contributed by atoms with Crippen LogP contribution in [0.15, 0.2) is 17.5 Å². The van der Waals surface area contributed by atoms with Crippen LogP contribution in [-0.4, -0.2) is 19.0 Å². The lowest BCUT2D eigenvalue weighted by Gasteiger charge is -2.02. The van der Waals surface area contributed by atoms with E-state index in [1.54, 1.807) is 0 Å². The third-order valence-electron chi connectivity index (χ3n) is 2.12. The Balaban J connectivity index is 1.85. The van der Waals surface area contributed by atoms with Gasteiger partial charge in [-0.15, -0.1) is 22.9 Å². The third-order valence-corrected chi connectivity index (χ3v) is 3.32. The maximum Gasteiger partial charge on any atom is 0.0223 e. The van der Waals surface area contributed by atoms with Crippen LogP contribution in [0.25, 0.3) is 0 Å². The standard InChI is InChI=1S/C11H18ClNS/c12-7-2-1-3-8-13-9-6-11-5-4-10-14-11/h4-5,10,13H,1-3,6-9H2. The van der Waals surface area contributed by atoms with Crippen LogP contribution in [0.4, 0.5) is 0 Å². The summed E-state index contributed by atoms with van der Waals surface area (Å²) in [6, 6.07) is 4.31. The van der Waals surface area contributed by atoms with E-state index in [0.717, 1.165) is 31.8 Å². The van der Waals surface area contributed by atoms with Gasteiger partial charge in [0.2, 0.25) is 0 Å². The molecule has 3 heteroatoms. The van der Waals surface area contributed by atoms with E-state index in [1.807, 2.05) is 11.3 Å². The molecule has 0 radical (unpaired) electrons. The van der Waals surface area contributed by atoms with Crippen LogP contribution >= 0.6 is 22.9 Å². The Bertz CT molecular complexity index is 211. The summed E-state index contributed by atoms with van der Waals surface area (Å²) in [7, 11) is 0. The first-order chi connectivity index (χ1) is 6.93. The number of hydrogen-bond donors (Lipinski definition) is 1. The minimum Gasteiger partial charge on any atom is -0.316 e. The topological polar surface area (TPSA) is 12.0 Å². The summed E-state index contributed by atoms with van der Waals surface area (Å²) in [5.74, 6) is 0.801. The van der Waals surface area contributed by atoms with Gasteiger partial charge in [-0.05, 0) is 43.8 Å². The second-order valence-corrected chi connectivity index (χ2v) is 4.74. The number of hydrogen-bond acceptors (Lipinski definition) is 2. The van der Waals surface area contributed by atoms with Crippen molar-refractivity contribution in [1.82, 2.24) is 5.32 Å². The SMILES string of the molecule is ClCCCCCNCCc1cccs1. The monoisotopic (exact) mass is 231 g/mol. The van der Waals surface area contributed by atoms with Crippen molar-refractivity contribution in [2.45, 2.75) is 25.7 Å². The Morgan fingerprint density at radius 1 is 1.21 bits per heavy atom. The largest absolute Gasteiger partial charge is 0.316 e. The average Bonchev–Trinajstić information content (AvgIpc) is 2.69. The molecule has 0 amide bonds. The maximum atomic E-state index is 5.59. The predicted octanol–water partition coefficient (Wildman–Crippen LogP) is 3.29. The number of alkyl halides is 1. The van der Waals surface area contributed by atoms with E-state index in [9.17, 15) is 0 Å². The molecule has 1 nitrogen and oxygen atoms in total. The van der Waals surface area contributed by atoms with Gasteiger partial charge >= 0.3 is 0 Å². The molecule has 0 aliphatic rings. The predicted molar refractivity (Wildman–Crippen MR) is 65.5 cm³/mol. The molecular weight excluding hydrogens is 214 g/mol. The molecule has 0 fully saturated rings. The molecule has 0 unspecified atom stereocenters. The second kappa shape index (κ2) is 8.27. The molecule has 0 atom stereocenters. The fourth-order valence-corrected chi connectivity index (χ4v) is 2.21. The summed E-state index contributed by atoms with van der Waals surface area (Å²) in [5, 5.41) is 5.58. The maximum absolute atomic E-state index is 5.59. The first-order valence-corrected chi connectivity index (χ1v) is 6.64. The first-order valence-electron chi connectivity index (χ1n) is 5.22. The van der Waals surface area contributed by atoms with Gasteiger partial charge in [0.1, 0.15) is 0 Å². The molecule has 1 aromatic heterocycles. The quantitative estimate of drug-likeness (QED) is 0.535. The normalized spacial score (nSPS) is 10.6. The van der Waals surface area contributed by atoms with E-state index in [1.165, 1.54) is 17.7 Å². The van der Waals surface area contributed by atoms with Crippen LogP contribution in [0.1, 0.15) is 24.1 Å². The van der Waals surface area contributed by atoms with E-state index < -0.39 is 0 Å². The van der Waals surface area contributed by atoms with Crippen molar-refractivity contribution >= 4 is 22.9 Å². The fourth-order valence-electron chi connectivity index (χ4n) is 1.31. The molecule has 0 aromatic carbocycles.